The van der Waals surface area contributed by atoms with Crippen molar-refractivity contribution in [1.29, 1.82) is 0 Å². The fourth-order valence-electron chi connectivity index (χ4n) is 2.08. The SMILES string of the molecule is C=C(C)C1CCC(C)CC1(O)O. The lowest BCUT2D eigenvalue weighted by Gasteiger charge is -2.38. The molecule has 0 saturated heterocycles. The van der Waals surface area contributed by atoms with Gasteiger partial charge in [0.1, 0.15) is 0 Å². The van der Waals surface area contributed by atoms with E-state index in [2.05, 4.69) is 13.5 Å². The van der Waals surface area contributed by atoms with Crippen LogP contribution < -0.4 is 0 Å². The molecule has 1 aliphatic carbocycles. The van der Waals surface area contributed by atoms with Crippen LogP contribution in [0.1, 0.15) is 33.1 Å². The lowest BCUT2D eigenvalue weighted by atomic mass is 9.75. The molecule has 0 aromatic heterocycles. The molecule has 0 heterocycles. The average Bonchev–Trinajstić information content (AvgIpc) is 1.82. The molecular weight excluding hydrogens is 152 g/mol. The van der Waals surface area contributed by atoms with Crippen LogP contribution in [0.25, 0.3) is 0 Å². The van der Waals surface area contributed by atoms with Gasteiger partial charge in [-0.1, -0.05) is 19.1 Å². The highest BCUT2D eigenvalue weighted by Crippen LogP contribution is 2.38. The maximum atomic E-state index is 9.67. The quantitative estimate of drug-likeness (QED) is 0.464. The second kappa shape index (κ2) is 3.19. The lowest BCUT2D eigenvalue weighted by molar-refractivity contribution is -0.215. The van der Waals surface area contributed by atoms with Gasteiger partial charge in [-0.3, -0.25) is 0 Å². The van der Waals surface area contributed by atoms with Gasteiger partial charge in [-0.2, -0.15) is 0 Å². The van der Waals surface area contributed by atoms with Gasteiger partial charge in [0.05, 0.1) is 0 Å². The van der Waals surface area contributed by atoms with Gasteiger partial charge in [0.25, 0.3) is 0 Å². The van der Waals surface area contributed by atoms with Crippen LogP contribution in [0.5, 0.6) is 0 Å². The predicted octanol–water partition coefficient (Wildman–Crippen LogP) is 1.68. The molecule has 0 spiro atoms. The van der Waals surface area contributed by atoms with E-state index in [4.69, 9.17) is 0 Å². The maximum Gasteiger partial charge on any atom is 0.169 e. The zero-order valence-electron chi connectivity index (χ0n) is 7.88. The molecule has 1 rings (SSSR count). The Labute approximate surface area is 73.9 Å². The maximum absolute atomic E-state index is 9.67. The van der Waals surface area contributed by atoms with Crippen LogP contribution in [0.2, 0.25) is 0 Å². The Kier molecular flexibility index (Phi) is 2.59. The minimum Gasteiger partial charge on any atom is -0.365 e. The number of aliphatic hydroxyl groups is 2. The molecule has 2 unspecified atom stereocenters. The zero-order valence-corrected chi connectivity index (χ0v) is 7.88. The first kappa shape index (κ1) is 9.75. The van der Waals surface area contributed by atoms with Crippen molar-refractivity contribution in [3.63, 3.8) is 0 Å². The highest BCUT2D eigenvalue weighted by Gasteiger charge is 2.39. The summed E-state index contributed by atoms with van der Waals surface area (Å²) in [4.78, 5) is 0. The topological polar surface area (TPSA) is 40.5 Å². The molecule has 1 fully saturated rings. The van der Waals surface area contributed by atoms with Crippen LogP contribution in [0, 0.1) is 11.8 Å². The standard InChI is InChI=1S/C10H18O2/c1-7(2)9-5-4-8(3)6-10(9,11)12/h8-9,11-12H,1,4-6H2,2-3H3. The summed E-state index contributed by atoms with van der Waals surface area (Å²) in [5, 5.41) is 19.3. The normalized spacial score (nSPS) is 34.7. The molecule has 1 saturated carbocycles. The van der Waals surface area contributed by atoms with Crippen molar-refractivity contribution in [2.45, 2.75) is 38.9 Å². The monoisotopic (exact) mass is 170 g/mol. The second-order valence-electron chi connectivity index (χ2n) is 4.16. The van der Waals surface area contributed by atoms with E-state index in [0.29, 0.717) is 12.3 Å². The van der Waals surface area contributed by atoms with E-state index in [1.807, 2.05) is 6.92 Å². The molecule has 0 radical (unpaired) electrons. The highest BCUT2D eigenvalue weighted by atomic mass is 16.5. The van der Waals surface area contributed by atoms with Crippen molar-refractivity contribution in [3.05, 3.63) is 12.2 Å². The van der Waals surface area contributed by atoms with Gasteiger partial charge in [0.15, 0.2) is 5.79 Å². The molecule has 2 nitrogen and oxygen atoms in total. The van der Waals surface area contributed by atoms with Gasteiger partial charge < -0.3 is 10.2 Å². The van der Waals surface area contributed by atoms with Gasteiger partial charge in [-0.25, -0.2) is 0 Å². The van der Waals surface area contributed by atoms with Crippen LogP contribution in [0.15, 0.2) is 12.2 Å². The minimum absolute atomic E-state index is 0.131. The number of hydrogen-bond donors (Lipinski definition) is 2. The van der Waals surface area contributed by atoms with Gasteiger partial charge >= 0.3 is 0 Å². The van der Waals surface area contributed by atoms with Crippen molar-refractivity contribution >= 4 is 0 Å². The summed E-state index contributed by atoms with van der Waals surface area (Å²) in [6.07, 6.45) is 2.40. The number of rotatable bonds is 1. The first-order valence-electron chi connectivity index (χ1n) is 4.53. The van der Waals surface area contributed by atoms with Gasteiger partial charge in [-0.15, -0.1) is 0 Å². The molecule has 0 aliphatic heterocycles. The molecule has 2 heteroatoms. The summed E-state index contributed by atoms with van der Waals surface area (Å²) >= 11 is 0. The molecule has 12 heavy (non-hydrogen) atoms. The Morgan fingerprint density at radius 2 is 2.00 bits per heavy atom. The Balaban J connectivity index is 2.70. The average molecular weight is 170 g/mol. The fourth-order valence-corrected chi connectivity index (χ4v) is 2.08. The molecule has 2 N–H and O–H groups in total. The van der Waals surface area contributed by atoms with Crippen LogP contribution >= 0.6 is 0 Å². The van der Waals surface area contributed by atoms with Crippen molar-refractivity contribution in [3.8, 4) is 0 Å². The number of hydrogen-bond acceptors (Lipinski definition) is 2. The van der Waals surface area contributed by atoms with Gasteiger partial charge in [0, 0.05) is 12.3 Å². The summed E-state index contributed by atoms with van der Waals surface area (Å²) in [6, 6.07) is 0. The summed E-state index contributed by atoms with van der Waals surface area (Å²) in [6.45, 7) is 7.69. The Bertz CT molecular complexity index is 184. The smallest absolute Gasteiger partial charge is 0.169 e. The van der Waals surface area contributed by atoms with Crippen LogP contribution in [0.3, 0.4) is 0 Å². The van der Waals surface area contributed by atoms with Crippen molar-refractivity contribution < 1.29 is 10.2 Å². The molecule has 70 valence electrons. The third-order valence-electron chi connectivity index (χ3n) is 2.75. The van der Waals surface area contributed by atoms with Crippen molar-refractivity contribution in [1.82, 2.24) is 0 Å². The second-order valence-corrected chi connectivity index (χ2v) is 4.16. The van der Waals surface area contributed by atoms with E-state index >= 15 is 0 Å². The van der Waals surface area contributed by atoms with Gasteiger partial charge in [-0.05, 0) is 25.7 Å². The first-order valence-corrected chi connectivity index (χ1v) is 4.53. The molecule has 0 amide bonds. The van der Waals surface area contributed by atoms with E-state index in [-0.39, 0.29) is 5.92 Å². The molecule has 0 aromatic carbocycles. The Morgan fingerprint density at radius 3 is 2.42 bits per heavy atom. The molecule has 0 bridgehead atoms. The van der Waals surface area contributed by atoms with Crippen LogP contribution in [-0.4, -0.2) is 16.0 Å². The van der Waals surface area contributed by atoms with Crippen LogP contribution in [0.4, 0.5) is 0 Å². The van der Waals surface area contributed by atoms with E-state index in [1.54, 1.807) is 0 Å². The lowest BCUT2D eigenvalue weighted by Crippen LogP contribution is -2.43. The largest absolute Gasteiger partial charge is 0.365 e. The van der Waals surface area contributed by atoms with Gasteiger partial charge in [0.2, 0.25) is 0 Å². The summed E-state index contributed by atoms with van der Waals surface area (Å²) in [7, 11) is 0. The molecule has 2 atom stereocenters. The van der Waals surface area contributed by atoms with E-state index in [1.165, 1.54) is 0 Å². The van der Waals surface area contributed by atoms with Crippen LogP contribution in [-0.2, 0) is 0 Å². The molecular formula is C10H18O2. The van der Waals surface area contributed by atoms with Crippen molar-refractivity contribution in [2.75, 3.05) is 0 Å². The summed E-state index contributed by atoms with van der Waals surface area (Å²) < 4.78 is 0. The van der Waals surface area contributed by atoms with E-state index in [0.717, 1.165) is 18.4 Å². The Morgan fingerprint density at radius 1 is 1.42 bits per heavy atom. The van der Waals surface area contributed by atoms with E-state index < -0.39 is 5.79 Å². The summed E-state index contributed by atoms with van der Waals surface area (Å²) in [5.41, 5.74) is 0.881. The Hall–Kier alpha value is -0.340. The third kappa shape index (κ3) is 1.87. The minimum atomic E-state index is -1.51. The van der Waals surface area contributed by atoms with Crippen molar-refractivity contribution in [2.24, 2.45) is 11.8 Å². The zero-order chi connectivity index (χ0) is 9.35. The molecule has 1 aliphatic rings. The third-order valence-corrected chi connectivity index (χ3v) is 2.75. The van der Waals surface area contributed by atoms with E-state index in [9.17, 15) is 10.2 Å². The first-order chi connectivity index (χ1) is 5.43. The fraction of sp³-hybridized carbons (Fsp3) is 0.800. The highest BCUT2D eigenvalue weighted by molar-refractivity contribution is 5.04. The molecule has 0 aromatic rings. The summed E-state index contributed by atoms with van der Waals surface area (Å²) in [5.74, 6) is -1.23. The predicted molar refractivity (Wildman–Crippen MR) is 48.5 cm³/mol.